The Morgan fingerprint density at radius 1 is 1.15 bits per heavy atom. The van der Waals surface area contributed by atoms with E-state index in [1.54, 1.807) is 0 Å². The first-order valence-corrected chi connectivity index (χ1v) is 9.79. The van der Waals surface area contributed by atoms with Crippen LogP contribution in [0.25, 0.3) is 0 Å². The van der Waals surface area contributed by atoms with E-state index in [1.165, 1.54) is 18.4 Å². The van der Waals surface area contributed by atoms with E-state index in [0.717, 1.165) is 51.4 Å². The lowest BCUT2D eigenvalue weighted by atomic mass is 9.91. The summed E-state index contributed by atoms with van der Waals surface area (Å²) in [5.41, 5.74) is 2.12. The number of hydrogen-bond donors (Lipinski definition) is 2. The van der Waals surface area contributed by atoms with Gasteiger partial charge < -0.3 is 20.1 Å². The lowest BCUT2D eigenvalue weighted by Crippen LogP contribution is -2.49. The van der Waals surface area contributed by atoms with Gasteiger partial charge in [0.05, 0.1) is 19.8 Å². The smallest absolute Gasteiger partial charge is 0.253 e. The summed E-state index contributed by atoms with van der Waals surface area (Å²) in [6.07, 6.45) is 2.45. The molecule has 2 N–H and O–H groups in total. The van der Waals surface area contributed by atoms with Crippen LogP contribution in [0.4, 0.5) is 0 Å². The molecule has 144 valence electrons. The van der Waals surface area contributed by atoms with Crippen molar-refractivity contribution in [3.63, 3.8) is 0 Å². The third-order valence-electron chi connectivity index (χ3n) is 5.37. The molecule has 2 aliphatic heterocycles. The highest BCUT2D eigenvalue weighted by Crippen LogP contribution is 2.23. The number of piperazine rings is 1. The first-order chi connectivity index (χ1) is 12.8. The lowest BCUT2D eigenvalue weighted by molar-refractivity contribution is 0.0486. The van der Waals surface area contributed by atoms with Crippen molar-refractivity contribution in [2.45, 2.75) is 18.8 Å². The summed E-state index contributed by atoms with van der Waals surface area (Å²) in [5, 5.41) is 12.2. The zero-order chi connectivity index (χ0) is 18.2. The standard InChI is InChI=1S/C20H31N3O3/c24-13-15-26-14-12-22-8-10-23(11-9-22)20(25)18-5-3-17(4-6-18)19-2-1-7-21-16-19/h3-6,19,21,24H,1-2,7-16H2/t19-/m1/s1. The molecule has 2 fully saturated rings. The number of aliphatic hydroxyl groups is 1. The van der Waals surface area contributed by atoms with E-state index >= 15 is 0 Å². The molecule has 0 unspecified atom stereocenters. The Morgan fingerprint density at radius 2 is 1.92 bits per heavy atom. The first kappa shape index (κ1) is 19.3. The number of nitrogens with zero attached hydrogens (tertiary/aromatic N) is 2. The van der Waals surface area contributed by atoms with Crippen LogP contribution in [0.3, 0.4) is 0 Å². The fourth-order valence-corrected chi connectivity index (χ4v) is 3.75. The molecule has 2 heterocycles. The highest BCUT2D eigenvalue weighted by Gasteiger charge is 2.22. The van der Waals surface area contributed by atoms with Gasteiger partial charge in [0.1, 0.15) is 0 Å². The minimum absolute atomic E-state index is 0.0678. The molecule has 0 spiro atoms. The molecule has 1 amide bonds. The Morgan fingerprint density at radius 3 is 2.58 bits per heavy atom. The van der Waals surface area contributed by atoms with Gasteiger partial charge in [0.2, 0.25) is 0 Å². The average Bonchev–Trinajstić information content (AvgIpc) is 2.72. The van der Waals surface area contributed by atoms with Crippen LogP contribution in [0.5, 0.6) is 0 Å². The molecule has 2 aliphatic rings. The molecule has 0 bridgehead atoms. The molecule has 0 saturated carbocycles. The van der Waals surface area contributed by atoms with Crippen LogP contribution in [-0.2, 0) is 4.74 Å². The van der Waals surface area contributed by atoms with Crippen molar-refractivity contribution in [1.29, 1.82) is 0 Å². The van der Waals surface area contributed by atoms with Crippen LogP contribution in [0.1, 0.15) is 34.7 Å². The van der Waals surface area contributed by atoms with Crippen molar-refractivity contribution in [2.24, 2.45) is 0 Å². The lowest BCUT2D eigenvalue weighted by Gasteiger charge is -2.34. The predicted octanol–water partition coefficient (Wildman–Crippen LogP) is 0.920. The second kappa shape index (κ2) is 10.0. The van der Waals surface area contributed by atoms with Gasteiger partial charge in [0, 0.05) is 44.8 Å². The second-order valence-electron chi connectivity index (χ2n) is 7.14. The van der Waals surface area contributed by atoms with Gasteiger partial charge in [-0.2, -0.15) is 0 Å². The van der Waals surface area contributed by atoms with Crippen LogP contribution in [0.15, 0.2) is 24.3 Å². The van der Waals surface area contributed by atoms with Crippen LogP contribution in [0, 0.1) is 0 Å². The molecule has 1 aromatic rings. The Hall–Kier alpha value is -1.47. The summed E-state index contributed by atoms with van der Waals surface area (Å²) < 4.78 is 5.31. The van der Waals surface area contributed by atoms with E-state index in [4.69, 9.17) is 9.84 Å². The monoisotopic (exact) mass is 361 g/mol. The summed E-state index contributed by atoms with van der Waals surface area (Å²) in [5.74, 6) is 0.707. The summed E-state index contributed by atoms with van der Waals surface area (Å²) >= 11 is 0. The van der Waals surface area contributed by atoms with Crippen LogP contribution in [-0.4, -0.2) is 86.4 Å². The summed E-state index contributed by atoms with van der Waals surface area (Å²) in [7, 11) is 0. The molecule has 6 nitrogen and oxygen atoms in total. The van der Waals surface area contributed by atoms with Crippen LogP contribution >= 0.6 is 0 Å². The topological polar surface area (TPSA) is 65.0 Å². The summed E-state index contributed by atoms with van der Waals surface area (Å²) in [4.78, 5) is 17.0. The highest BCUT2D eigenvalue weighted by molar-refractivity contribution is 5.94. The van der Waals surface area contributed by atoms with Crippen LogP contribution in [0.2, 0.25) is 0 Å². The minimum atomic E-state index is 0.0678. The Kier molecular flexibility index (Phi) is 7.43. The summed E-state index contributed by atoms with van der Waals surface area (Å²) in [6.45, 7) is 7.37. The van der Waals surface area contributed by atoms with Crippen molar-refractivity contribution >= 4 is 5.91 Å². The molecule has 0 aliphatic carbocycles. The van der Waals surface area contributed by atoms with Gasteiger partial charge in [-0.1, -0.05) is 12.1 Å². The quantitative estimate of drug-likeness (QED) is 0.707. The third-order valence-corrected chi connectivity index (χ3v) is 5.37. The molecule has 1 aromatic carbocycles. The van der Waals surface area contributed by atoms with E-state index in [2.05, 4.69) is 22.3 Å². The van der Waals surface area contributed by atoms with E-state index in [9.17, 15) is 4.79 Å². The maximum Gasteiger partial charge on any atom is 0.253 e. The van der Waals surface area contributed by atoms with Gasteiger partial charge in [-0.25, -0.2) is 0 Å². The normalized spacial score (nSPS) is 21.7. The fourth-order valence-electron chi connectivity index (χ4n) is 3.75. The van der Waals surface area contributed by atoms with Gasteiger partial charge in [0.15, 0.2) is 0 Å². The Labute approximate surface area is 156 Å². The molecule has 3 rings (SSSR count). The third kappa shape index (κ3) is 5.27. The summed E-state index contributed by atoms with van der Waals surface area (Å²) in [6, 6.07) is 8.22. The number of nitrogens with one attached hydrogen (secondary N) is 1. The second-order valence-corrected chi connectivity index (χ2v) is 7.14. The molecule has 1 atom stereocenters. The van der Waals surface area contributed by atoms with Crippen LogP contribution < -0.4 is 5.32 Å². The van der Waals surface area contributed by atoms with Gasteiger partial charge in [-0.3, -0.25) is 9.69 Å². The first-order valence-electron chi connectivity index (χ1n) is 9.79. The van der Waals surface area contributed by atoms with Crippen molar-refractivity contribution in [3.8, 4) is 0 Å². The molecule has 6 heteroatoms. The Bertz CT molecular complexity index is 550. The number of carbonyl (C=O) groups excluding carboxylic acids is 1. The van der Waals surface area contributed by atoms with Crippen molar-refractivity contribution in [2.75, 3.05) is 65.6 Å². The number of aliphatic hydroxyl groups excluding tert-OH is 1. The fraction of sp³-hybridized carbons (Fsp3) is 0.650. The van der Waals surface area contributed by atoms with E-state index in [-0.39, 0.29) is 12.5 Å². The maximum atomic E-state index is 12.7. The number of ether oxygens (including phenoxy) is 1. The number of carbonyl (C=O) groups is 1. The number of benzene rings is 1. The maximum absolute atomic E-state index is 12.7. The Balaban J connectivity index is 1.46. The van der Waals surface area contributed by atoms with Gasteiger partial charge in [0.25, 0.3) is 5.91 Å². The molecular formula is C20H31N3O3. The van der Waals surface area contributed by atoms with Gasteiger partial charge in [-0.05, 0) is 43.0 Å². The minimum Gasteiger partial charge on any atom is -0.394 e. The van der Waals surface area contributed by atoms with Crippen molar-refractivity contribution < 1.29 is 14.6 Å². The average molecular weight is 361 g/mol. The van der Waals surface area contributed by atoms with E-state index < -0.39 is 0 Å². The van der Waals surface area contributed by atoms with Crippen molar-refractivity contribution in [1.82, 2.24) is 15.1 Å². The van der Waals surface area contributed by atoms with Gasteiger partial charge in [-0.15, -0.1) is 0 Å². The number of amides is 1. The van der Waals surface area contributed by atoms with Gasteiger partial charge >= 0.3 is 0 Å². The zero-order valence-corrected chi connectivity index (χ0v) is 15.5. The molecule has 26 heavy (non-hydrogen) atoms. The zero-order valence-electron chi connectivity index (χ0n) is 15.5. The predicted molar refractivity (Wildman–Crippen MR) is 102 cm³/mol. The number of hydrogen-bond acceptors (Lipinski definition) is 5. The molecule has 0 aromatic heterocycles. The molecule has 0 radical (unpaired) electrons. The molecular weight excluding hydrogens is 330 g/mol. The molecule has 2 saturated heterocycles. The van der Waals surface area contributed by atoms with Crippen molar-refractivity contribution in [3.05, 3.63) is 35.4 Å². The largest absolute Gasteiger partial charge is 0.394 e. The van der Waals surface area contributed by atoms with E-state index in [0.29, 0.717) is 19.1 Å². The number of piperidine rings is 1. The highest BCUT2D eigenvalue weighted by atomic mass is 16.5. The SMILES string of the molecule is O=C(c1ccc([C@@H]2CCCNC2)cc1)N1CCN(CCOCCO)CC1. The van der Waals surface area contributed by atoms with E-state index in [1.807, 2.05) is 17.0 Å². The number of rotatable bonds is 7.